The van der Waals surface area contributed by atoms with Gasteiger partial charge >= 0.3 is 0 Å². The van der Waals surface area contributed by atoms with Crippen LogP contribution < -0.4 is 0 Å². The Morgan fingerprint density at radius 1 is 1.23 bits per heavy atom. The summed E-state index contributed by atoms with van der Waals surface area (Å²) in [7, 11) is 0. The first-order valence-corrected chi connectivity index (χ1v) is 4.33. The third-order valence-electron chi connectivity index (χ3n) is 1.97. The highest BCUT2D eigenvalue weighted by molar-refractivity contribution is 5.14. The lowest BCUT2D eigenvalue weighted by molar-refractivity contribution is 0.0342. The lowest BCUT2D eigenvalue weighted by Gasteiger charge is -2.26. The van der Waals surface area contributed by atoms with E-state index in [0.29, 0.717) is 6.54 Å². The minimum atomic E-state index is -1.93. The number of morpholine rings is 1. The third-order valence-corrected chi connectivity index (χ3v) is 1.97. The van der Waals surface area contributed by atoms with Crippen LogP contribution in [0.4, 0.5) is 0 Å². The summed E-state index contributed by atoms with van der Waals surface area (Å²) in [5.41, 5.74) is 1.04. The van der Waals surface area contributed by atoms with Gasteiger partial charge in [0.2, 0.25) is 0 Å². The Morgan fingerprint density at radius 2 is 1.92 bits per heavy atom. The Bertz CT molecular complexity index is 366. The van der Waals surface area contributed by atoms with Crippen molar-refractivity contribution < 1.29 is 10.2 Å². The van der Waals surface area contributed by atoms with Crippen molar-refractivity contribution in [3.05, 3.63) is 35.9 Å². The van der Waals surface area contributed by atoms with Gasteiger partial charge in [-0.1, -0.05) is 30.3 Å². The molecule has 1 aliphatic heterocycles. The average Bonchev–Trinajstić information content (AvgIpc) is 2.13. The van der Waals surface area contributed by atoms with Crippen molar-refractivity contribution in [2.45, 2.75) is 6.54 Å². The Morgan fingerprint density at radius 3 is 2.62 bits per heavy atom. The van der Waals surface area contributed by atoms with Gasteiger partial charge < -0.3 is 4.74 Å². The van der Waals surface area contributed by atoms with E-state index in [1.165, 1.54) is 0 Å². The number of hydrogen-bond acceptors (Lipinski definition) is 2. The van der Waals surface area contributed by atoms with Crippen molar-refractivity contribution in [1.29, 1.82) is 0 Å². The van der Waals surface area contributed by atoms with Gasteiger partial charge in [0.25, 0.3) is 0 Å². The number of ether oxygens (including phenoxy) is 1. The SMILES string of the molecule is [2H]C1([2H])CN(Cc2ccccc2)CC([2H])([2H])O1. The Labute approximate surface area is 84.7 Å². The molecule has 1 saturated heterocycles. The van der Waals surface area contributed by atoms with Crippen molar-refractivity contribution in [2.24, 2.45) is 0 Å². The zero-order chi connectivity index (χ0) is 12.5. The van der Waals surface area contributed by atoms with Gasteiger partial charge in [0, 0.05) is 19.6 Å². The largest absolute Gasteiger partial charge is 0.379 e. The van der Waals surface area contributed by atoms with Crippen LogP contribution >= 0.6 is 0 Å². The molecule has 0 amide bonds. The summed E-state index contributed by atoms with van der Waals surface area (Å²) >= 11 is 0. The molecule has 0 aliphatic carbocycles. The van der Waals surface area contributed by atoms with Crippen LogP contribution in [0.2, 0.25) is 0 Å². The molecule has 1 aromatic rings. The first-order chi connectivity index (χ1) is 7.86. The fraction of sp³-hybridized carbons (Fsp3) is 0.455. The maximum atomic E-state index is 7.54. The highest BCUT2D eigenvalue weighted by Gasteiger charge is 2.09. The molecule has 0 radical (unpaired) electrons. The Balaban J connectivity index is 2.06. The van der Waals surface area contributed by atoms with E-state index in [1.54, 1.807) is 4.90 Å². The van der Waals surface area contributed by atoms with E-state index in [1.807, 2.05) is 30.3 Å². The molecule has 1 heterocycles. The molecule has 0 N–H and O–H groups in total. The van der Waals surface area contributed by atoms with Gasteiger partial charge in [-0.2, -0.15) is 0 Å². The second-order valence-electron chi connectivity index (χ2n) is 3.02. The summed E-state index contributed by atoms with van der Waals surface area (Å²) in [6, 6.07) is 9.64. The molecule has 0 unspecified atom stereocenters. The summed E-state index contributed by atoms with van der Waals surface area (Å²) in [5.74, 6) is 0. The molecule has 2 heteroatoms. The molecule has 1 aliphatic rings. The second kappa shape index (κ2) is 4.40. The van der Waals surface area contributed by atoms with Crippen LogP contribution in [0.3, 0.4) is 0 Å². The average molecular weight is 181 g/mol. The molecular formula is C11H15NO. The zero-order valence-electron chi connectivity index (χ0n) is 11.4. The van der Waals surface area contributed by atoms with Crippen molar-refractivity contribution in [1.82, 2.24) is 4.90 Å². The van der Waals surface area contributed by atoms with Crippen molar-refractivity contribution in [3.8, 4) is 0 Å². The van der Waals surface area contributed by atoms with Gasteiger partial charge in [-0.05, 0) is 5.56 Å². The Kier molecular flexibility index (Phi) is 1.73. The maximum Gasteiger partial charge on any atom is 0.0594 e. The van der Waals surface area contributed by atoms with Crippen molar-refractivity contribution >= 4 is 0 Å². The molecule has 0 atom stereocenters. The predicted molar refractivity (Wildman–Crippen MR) is 52.5 cm³/mol. The Hall–Kier alpha value is -0.860. The molecular weight excluding hydrogens is 162 g/mol. The molecule has 0 aromatic heterocycles. The second-order valence-corrected chi connectivity index (χ2v) is 3.02. The van der Waals surface area contributed by atoms with E-state index >= 15 is 0 Å². The first-order valence-electron chi connectivity index (χ1n) is 6.33. The van der Waals surface area contributed by atoms with Crippen molar-refractivity contribution in [2.75, 3.05) is 26.2 Å². The number of hydrogen-bond donors (Lipinski definition) is 0. The minimum absolute atomic E-state index is 0.0847. The molecule has 70 valence electrons. The monoisotopic (exact) mass is 181 g/mol. The van der Waals surface area contributed by atoms with Crippen LogP contribution in [0.1, 0.15) is 11.0 Å². The standard InChI is InChI=1S/C11H15NO/c1-2-4-11(5-3-1)10-12-6-8-13-9-7-12/h1-5H,6-10H2/i8D2,9D2. The lowest BCUT2D eigenvalue weighted by Crippen LogP contribution is -2.35. The number of rotatable bonds is 2. The van der Waals surface area contributed by atoms with Gasteiger partial charge in [0.15, 0.2) is 0 Å². The normalized spacial score (nSPS) is 31.1. The van der Waals surface area contributed by atoms with Gasteiger partial charge in [-0.3, -0.25) is 4.90 Å². The van der Waals surface area contributed by atoms with E-state index in [4.69, 9.17) is 10.2 Å². The van der Waals surface area contributed by atoms with Gasteiger partial charge in [0.1, 0.15) is 0 Å². The highest BCUT2D eigenvalue weighted by Crippen LogP contribution is 2.05. The number of nitrogens with zero attached hydrogens (tertiary/aromatic N) is 1. The molecule has 2 rings (SSSR count). The quantitative estimate of drug-likeness (QED) is 0.686. The van der Waals surface area contributed by atoms with E-state index in [0.717, 1.165) is 5.56 Å². The third kappa shape index (κ3) is 2.54. The fourth-order valence-electron chi connectivity index (χ4n) is 1.31. The highest BCUT2D eigenvalue weighted by atomic mass is 16.5. The van der Waals surface area contributed by atoms with Crippen LogP contribution in [0.25, 0.3) is 0 Å². The molecule has 1 fully saturated rings. The summed E-state index contributed by atoms with van der Waals surface area (Å²) in [6.45, 7) is -3.17. The molecule has 2 nitrogen and oxygen atoms in total. The van der Waals surface area contributed by atoms with E-state index in [9.17, 15) is 0 Å². The lowest BCUT2D eigenvalue weighted by atomic mass is 10.2. The predicted octanol–water partition coefficient (Wildman–Crippen LogP) is 1.52. The van der Waals surface area contributed by atoms with E-state index in [2.05, 4.69) is 0 Å². The summed E-state index contributed by atoms with van der Waals surface area (Å²) in [5, 5.41) is 0. The zero-order valence-corrected chi connectivity index (χ0v) is 7.36. The van der Waals surface area contributed by atoms with E-state index < -0.39 is 13.1 Å². The summed E-state index contributed by atoms with van der Waals surface area (Å²) in [4.78, 5) is 1.73. The van der Waals surface area contributed by atoms with E-state index in [-0.39, 0.29) is 13.1 Å². The molecule has 13 heavy (non-hydrogen) atoms. The minimum Gasteiger partial charge on any atom is -0.379 e. The van der Waals surface area contributed by atoms with Gasteiger partial charge in [0.05, 0.1) is 18.6 Å². The van der Waals surface area contributed by atoms with Crippen LogP contribution in [0.15, 0.2) is 30.3 Å². The van der Waals surface area contributed by atoms with Gasteiger partial charge in [-0.15, -0.1) is 0 Å². The summed E-state index contributed by atoms with van der Waals surface area (Å²) in [6.07, 6.45) is 0. The van der Waals surface area contributed by atoms with Crippen LogP contribution in [-0.2, 0) is 11.3 Å². The fourth-order valence-corrected chi connectivity index (χ4v) is 1.31. The van der Waals surface area contributed by atoms with Crippen LogP contribution in [0, 0.1) is 0 Å². The molecule has 0 bridgehead atoms. The topological polar surface area (TPSA) is 12.5 Å². The molecule has 0 saturated carbocycles. The van der Waals surface area contributed by atoms with Crippen molar-refractivity contribution in [3.63, 3.8) is 0 Å². The van der Waals surface area contributed by atoms with Gasteiger partial charge in [-0.25, -0.2) is 0 Å². The molecule has 0 spiro atoms. The van der Waals surface area contributed by atoms with Crippen LogP contribution in [-0.4, -0.2) is 31.1 Å². The molecule has 1 aromatic carbocycles. The maximum absolute atomic E-state index is 7.54. The van der Waals surface area contributed by atoms with Crippen LogP contribution in [0.5, 0.6) is 0 Å². The first kappa shape index (κ1) is 5.13. The number of benzene rings is 1. The summed E-state index contributed by atoms with van der Waals surface area (Å²) < 4.78 is 34.9. The smallest absolute Gasteiger partial charge is 0.0594 e.